The Morgan fingerprint density at radius 2 is 2.15 bits per heavy atom. The molecule has 2 amide bonds. The number of nitrogens with one attached hydrogen (secondary N) is 2. The van der Waals surface area contributed by atoms with Crippen LogP contribution in [0.3, 0.4) is 0 Å². The molecule has 0 saturated carbocycles. The van der Waals surface area contributed by atoms with E-state index in [0.717, 1.165) is 19.0 Å². The zero-order valence-electron chi connectivity index (χ0n) is 13.4. The van der Waals surface area contributed by atoms with Crippen LogP contribution in [0.1, 0.15) is 47.0 Å². The molecule has 0 aromatic heterocycles. The van der Waals surface area contributed by atoms with Crippen molar-refractivity contribution in [2.45, 2.75) is 58.6 Å². The lowest BCUT2D eigenvalue weighted by Crippen LogP contribution is -2.56. The highest BCUT2D eigenvalue weighted by Gasteiger charge is 2.31. The highest BCUT2D eigenvalue weighted by molar-refractivity contribution is 5.73. The van der Waals surface area contributed by atoms with Gasteiger partial charge in [-0.1, -0.05) is 13.3 Å². The van der Waals surface area contributed by atoms with E-state index in [9.17, 15) is 4.79 Å². The Balaban J connectivity index is 2.38. The number of hydrogen-bond acceptors (Lipinski definition) is 3. The number of amides is 2. The maximum atomic E-state index is 11.6. The molecule has 0 bridgehead atoms. The molecule has 0 aliphatic carbocycles. The van der Waals surface area contributed by atoms with E-state index in [-0.39, 0.29) is 18.1 Å². The van der Waals surface area contributed by atoms with Gasteiger partial charge in [-0.2, -0.15) is 0 Å². The minimum atomic E-state index is -0.513. The number of urea groups is 1. The van der Waals surface area contributed by atoms with Crippen LogP contribution in [0.15, 0.2) is 0 Å². The van der Waals surface area contributed by atoms with E-state index in [1.807, 2.05) is 0 Å². The molecule has 5 heteroatoms. The fraction of sp³-hybridized carbons (Fsp3) is 0.933. The van der Waals surface area contributed by atoms with Crippen molar-refractivity contribution in [3.63, 3.8) is 0 Å². The first kappa shape index (κ1) is 17.2. The number of aliphatic hydroxyl groups excluding tert-OH is 1. The molecule has 1 rings (SSSR count). The van der Waals surface area contributed by atoms with Crippen molar-refractivity contribution in [1.29, 1.82) is 0 Å². The number of likely N-dealkylation sites (tertiary alicyclic amines) is 1. The molecule has 0 aromatic rings. The molecule has 118 valence electrons. The quantitative estimate of drug-likeness (QED) is 0.694. The fourth-order valence-electron chi connectivity index (χ4n) is 2.66. The predicted molar refractivity (Wildman–Crippen MR) is 81.7 cm³/mol. The molecule has 1 aliphatic rings. The van der Waals surface area contributed by atoms with Crippen LogP contribution in [0.5, 0.6) is 0 Å². The van der Waals surface area contributed by atoms with E-state index >= 15 is 0 Å². The van der Waals surface area contributed by atoms with Crippen molar-refractivity contribution in [2.75, 3.05) is 26.2 Å². The van der Waals surface area contributed by atoms with Gasteiger partial charge in [-0.25, -0.2) is 4.79 Å². The minimum absolute atomic E-state index is 0.0317. The minimum Gasteiger partial charge on any atom is -0.392 e. The van der Waals surface area contributed by atoms with Crippen LogP contribution in [0.25, 0.3) is 0 Å². The summed E-state index contributed by atoms with van der Waals surface area (Å²) < 4.78 is 0. The topological polar surface area (TPSA) is 64.6 Å². The van der Waals surface area contributed by atoms with Crippen LogP contribution in [0, 0.1) is 5.92 Å². The molecule has 0 spiro atoms. The largest absolute Gasteiger partial charge is 0.392 e. The number of nitrogens with zero attached hydrogens (tertiary/aromatic N) is 1. The third-order valence-electron chi connectivity index (χ3n) is 4.19. The first-order valence-electron chi connectivity index (χ1n) is 7.80. The molecule has 0 aromatic carbocycles. The van der Waals surface area contributed by atoms with Gasteiger partial charge in [0.2, 0.25) is 0 Å². The maximum absolute atomic E-state index is 11.6. The normalized spacial score (nSPS) is 22.4. The predicted octanol–water partition coefficient (Wildman–Crippen LogP) is 1.57. The second kappa shape index (κ2) is 7.84. The summed E-state index contributed by atoms with van der Waals surface area (Å²) in [5.41, 5.74) is -0.0317. The molecule has 0 radical (unpaired) electrons. The van der Waals surface area contributed by atoms with Crippen molar-refractivity contribution >= 4 is 6.03 Å². The van der Waals surface area contributed by atoms with Gasteiger partial charge in [0.25, 0.3) is 0 Å². The third-order valence-corrected chi connectivity index (χ3v) is 4.19. The summed E-state index contributed by atoms with van der Waals surface area (Å²) in [6.45, 7) is 11.4. The SMILES string of the molecule is CC[C@@H]1CCCN(C(C)(C)CNC(=O)NC[C@@H](C)O)C1. The van der Waals surface area contributed by atoms with Crippen LogP contribution in [0.4, 0.5) is 4.79 Å². The molecular weight excluding hydrogens is 254 g/mol. The number of aliphatic hydroxyl groups is 1. The second-order valence-corrected chi connectivity index (χ2v) is 6.59. The summed E-state index contributed by atoms with van der Waals surface area (Å²) in [5.74, 6) is 0.784. The Morgan fingerprint density at radius 3 is 2.75 bits per heavy atom. The summed E-state index contributed by atoms with van der Waals surface area (Å²) in [7, 11) is 0. The van der Waals surface area contributed by atoms with E-state index < -0.39 is 6.10 Å². The standard InChI is InChI=1S/C15H31N3O2/c1-5-13-7-6-8-18(10-13)15(3,4)11-17-14(20)16-9-12(2)19/h12-13,19H,5-11H2,1-4H3,(H2,16,17,20)/t12-,13-/m1/s1. The monoisotopic (exact) mass is 285 g/mol. The summed E-state index contributed by atoms with van der Waals surface area (Å²) in [6.07, 6.45) is 3.29. The van der Waals surface area contributed by atoms with Crippen molar-refractivity contribution < 1.29 is 9.90 Å². The average Bonchev–Trinajstić information content (AvgIpc) is 2.43. The van der Waals surface area contributed by atoms with Crippen LogP contribution in [-0.4, -0.2) is 53.9 Å². The van der Waals surface area contributed by atoms with Gasteiger partial charge in [-0.3, -0.25) is 4.90 Å². The number of carbonyl (C=O) groups is 1. The summed E-state index contributed by atoms with van der Waals surface area (Å²) in [4.78, 5) is 14.1. The Morgan fingerprint density at radius 1 is 1.45 bits per heavy atom. The summed E-state index contributed by atoms with van der Waals surface area (Å²) >= 11 is 0. The maximum Gasteiger partial charge on any atom is 0.314 e. The Hall–Kier alpha value is -0.810. The Bertz CT molecular complexity index is 305. The van der Waals surface area contributed by atoms with E-state index in [0.29, 0.717) is 6.54 Å². The van der Waals surface area contributed by atoms with Gasteiger partial charge in [-0.15, -0.1) is 0 Å². The molecule has 1 saturated heterocycles. The van der Waals surface area contributed by atoms with Gasteiger partial charge in [0.15, 0.2) is 0 Å². The van der Waals surface area contributed by atoms with Crippen molar-refractivity contribution in [3.8, 4) is 0 Å². The molecule has 2 atom stereocenters. The Kier molecular flexibility index (Phi) is 6.76. The lowest BCUT2D eigenvalue weighted by molar-refractivity contribution is 0.0664. The van der Waals surface area contributed by atoms with Crippen LogP contribution in [-0.2, 0) is 0 Å². The second-order valence-electron chi connectivity index (χ2n) is 6.59. The fourth-order valence-corrected chi connectivity index (χ4v) is 2.66. The zero-order chi connectivity index (χ0) is 15.2. The molecule has 1 fully saturated rings. The van der Waals surface area contributed by atoms with Gasteiger partial charge in [0, 0.05) is 25.2 Å². The molecular formula is C15H31N3O2. The molecule has 20 heavy (non-hydrogen) atoms. The number of piperidine rings is 1. The molecule has 3 N–H and O–H groups in total. The molecule has 1 aliphatic heterocycles. The zero-order valence-corrected chi connectivity index (χ0v) is 13.4. The van der Waals surface area contributed by atoms with E-state index in [2.05, 4.69) is 36.3 Å². The van der Waals surface area contributed by atoms with Gasteiger partial charge < -0.3 is 15.7 Å². The molecule has 1 heterocycles. The first-order chi connectivity index (χ1) is 9.35. The highest BCUT2D eigenvalue weighted by atomic mass is 16.3. The van der Waals surface area contributed by atoms with Crippen LogP contribution < -0.4 is 10.6 Å². The summed E-state index contributed by atoms with van der Waals surface area (Å²) in [5, 5.41) is 14.7. The lowest BCUT2D eigenvalue weighted by atomic mass is 9.91. The highest BCUT2D eigenvalue weighted by Crippen LogP contribution is 2.25. The van der Waals surface area contributed by atoms with E-state index in [1.165, 1.54) is 19.3 Å². The van der Waals surface area contributed by atoms with Gasteiger partial charge in [0.05, 0.1) is 6.10 Å². The van der Waals surface area contributed by atoms with Crippen LogP contribution >= 0.6 is 0 Å². The molecule has 0 unspecified atom stereocenters. The van der Waals surface area contributed by atoms with E-state index in [4.69, 9.17) is 5.11 Å². The van der Waals surface area contributed by atoms with Gasteiger partial charge in [-0.05, 0) is 46.1 Å². The van der Waals surface area contributed by atoms with Crippen molar-refractivity contribution in [3.05, 3.63) is 0 Å². The number of carbonyl (C=O) groups excluding carboxylic acids is 1. The van der Waals surface area contributed by atoms with Gasteiger partial charge in [0.1, 0.15) is 0 Å². The van der Waals surface area contributed by atoms with Crippen molar-refractivity contribution in [2.24, 2.45) is 5.92 Å². The van der Waals surface area contributed by atoms with E-state index in [1.54, 1.807) is 6.92 Å². The van der Waals surface area contributed by atoms with Crippen LogP contribution in [0.2, 0.25) is 0 Å². The van der Waals surface area contributed by atoms with Gasteiger partial charge >= 0.3 is 6.03 Å². The molecule has 5 nitrogen and oxygen atoms in total. The number of rotatable bonds is 6. The lowest BCUT2D eigenvalue weighted by Gasteiger charge is -2.43. The third kappa shape index (κ3) is 5.67. The van der Waals surface area contributed by atoms with Crippen molar-refractivity contribution in [1.82, 2.24) is 15.5 Å². The Labute approximate surface area is 123 Å². The smallest absolute Gasteiger partial charge is 0.314 e. The number of hydrogen-bond donors (Lipinski definition) is 3. The average molecular weight is 285 g/mol. The first-order valence-corrected chi connectivity index (χ1v) is 7.80. The summed E-state index contributed by atoms with van der Waals surface area (Å²) in [6, 6.07) is -0.206.